The first kappa shape index (κ1) is 15.2. The van der Waals surface area contributed by atoms with Gasteiger partial charge in [0, 0.05) is 42.3 Å². The zero-order valence-electron chi connectivity index (χ0n) is 12.9. The SMILES string of the molecule is Cc1ccsc1[C@H](C)NC[C@H](c1cnn(C)c1)N(C)C. The van der Waals surface area contributed by atoms with Crippen LogP contribution in [0.1, 0.15) is 35.0 Å². The maximum Gasteiger partial charge on any atom is 0.0538 e. The Hall–Kier alpha value is -1.17. The molecule has 110 valence electrons. The van der Waals surface area contributed by atoms with Crippen molar-refractivity contribution in [1.82, 2.24) is 20.0 Å². The third-order valence-corrected chi connectivity index (χ3v) is 4.85. The number of thiophene rings is 1. The van der Waals surface area contributed by atoms with Crippen LogP contribution >= 0.6 is 11.3 Å². The van der Waals surface area contributed by atoms with Crippen LogP contribution < -0.4 is 5.32 Å². The largest absolute Gasteiger partial charge is 0.308 e. The Kier molecular flexibility index (Phi) is 4.96. The summed E-state index contributed by atoms with van der Waals surface area (Å²) in [6.45, 7) is 5.32. The van der Waals surface area contributed by atoms with E-state index in [2.05, 4.69) is 60.9 Å². The van der Waals surface area contributed by atoms with Gasteiger partial charge in [-0.15, -0.1) is 11.3 Å². The third kappa shape index (κ3) is 3.48. The second kappa shape index (κ2) is 6.52. The van der Waals surface area contributed by atoms with Gasteiger partial charge < -0.3 is 10.2 Å². The number of aryl methyl sites for hydroxylation is 2. The van der Waals surface area contributed by atoms with E-state index in [1.807, 2.05) is 29.3 Å². The molecule has 0 radical (unpaired) electrons. The molecule has 20 heavy (non-hydrogen) atoms. The van der Waals surface area contributed by atoms with Crippen LogP contribution in [0.2, 0.25) is 0 Å². The minimum atomic E-state index is 0.339. The van der Waals surface area contributed by atoms with E-state index in [-0.39, 0.29) is 0 Å². The van der Waals surface area contributed by atoms with E-state index < -0.39 is 0 Å². The van der Waals surface area contributed by atoms with Gasteiger partial charge in [-0.1, -0.05) is 0 Å². The Morgan fingerprint density at radius 3 is 2.70 bits per heavy atom. The summed E-state index contributed by atoms with van der Waals surface area (Å²) in [6, 6.07) is 2.91. The molecular weight excluding hydrogens is 268 g/mol. The van der Waals surface area contributed by atoms with Gasteiger partial charge in [-0.3, -0.25) is 4.68 Å². The van der Waals surface area contributed by atoms with Crippen LogP contribution in [0.15, 0.2) is 23.8 Å². The molecule has 0 saturated carbocycles. The molecule has 0 amide bonds. The van der Waals surface area contributed by atoms with Crippen LogP contribution in [-0.4, -0.2) is 35.3 Å². The highest BCUT2D eigenvalue weighted by molar-refractivity contribution is 7.10. The van der Waals surface area contributed by atoms with Crippen molar-refractivity contribution in [2.75, 3.05) is 20.6 Å². The van der Waals surface area contributed by atoms with E-state index >= 15 is 0 Å². The molecule has 2 rings (SSSR count). The Labute approximate surface area is 125 Å². The molecule has 0 aliphatic rings. The number of hydrogen-bond donors (Lipinski definition) is 1. The average molecular weight is 292 g/mol. The van der Waals surface area contributed by atoms with Gasteiger partial charge in [-0.2, -0.15) is 5.10 Å². The summed E-state index contributed by atoms with van der Waals surface area (Å²) in [7, 11) is 6.18. The fraction of sp³-hybridized carbons (Fsp3) is 0.533. The van der Waals surface area contributed by atoms with Gasteiger partial charge in [-0.25, -0.2) is 0 Å². The van der Waals surface area contributed by atoms with E-state index in [0.717, 1.165) is 6.54 Å². The molecule has 0 bridgehead atoms. The number of hydrogen-bond acceptors (Lipinski definition) is 4. The Morgan fingerprint density at radius 2 is 2.20 bits per heavy atom. The zero-order valence-corrected chi connectivity index (χ0v) is 13.7. The fourth-order valence-corrected chi connectivity index (χ4v) is 3.38. The monoisotopic (exact) mass is 292 g/mol. The van der Waals surface area contributed by atoms with Crippen molar-refractivity contribution < 1.29 is 0 Å². The van der Waals surface area contributed by atoms with Crippen molar-refractivity contribution >= 4 is 11.3 Å². The number of nitrogens with zero attached hydrogens (tertiary/aromatic N) is 3. The molecule has 2 atom stereocenters. The summed E-state index contributed by atoms with van der Waals surface area (Å²) in [5, 5.41) is 10.1. The fourth-order valence-electron chi connectivity index (χ4n) is 2.42. The van der Waals surface area contributed by atoms with Gasteiger partial charge in [0.1, 0.15) is 0 Å². The van der Waals surface area contributed by atoms with Crippen molar-refractivity contribution in [3.8, 4) is 0 Å². The van der Waals surface area contributed by atoms with Gasteiger partial charge in [0.2, 0.25) is 0 Å². The van der Waals surface area contributed by atoms with Crippen molar-refractivity contribution in [2.45, 2.75) is 25.9 Å². The highest BCUT2D eigenvalue weighted by atomic mass is 32.1. The summed E-state index contributed by atoms with van der Waals surface area (Å²) >= 11 is 1.83. The number of rotatable bonds is 6. The van der Waals surface area contributed by atoms with Gasteiger partial charge in [0.05, 0.1) is 6.20 Å². The van der Waals surface area contributed by atoms with Gasteiger partial charge >= 0.3 is 0 Å². The van der Waals surface area contributed by atoms with Crippen LogP contribution in [0.4, 0.5) is 0 Å². The second-order valence-corrected chi connectivity index (χ2v) is 6.47. The molecule has 5 heteroatoms. The minimum absolute atomic E-state index is 0.339. The highest BCUT2D eigenvalue weighted by Gasteiger charge is 2.18. The lowest BCUT2D eigenvalue weighted by Gasteiger charge is -2.25. The van der Waals surface area contributed by atoms with E-state index in [4.69, 9.17) is 0 Å². The summed E-state index contributed by atoms with van der Waals surface area (Å²) in [4.78, 5) is 3.66. The zero-order chi connectivity index (χ0) is 14.7. The molecule has 0 aromatic carbocycles. The topological polar surface area (TPSA) is 33.1 Å². The molecule has 0 fully saturated rings. The van der Waals surface area contributed by atoms with E-state index in [0.29, 0.717) is 12.1 Å². The Bertz CT molecular complexity index is 544. The van der Waals surface area contributed by atoms with E-state index in [1.54, 1.807) is 0 Å². The minimum Gasteiger partial charge on any atom is -0.308 e. The van der Waals surface area contributed by atoms with Gasteiger partial charge in [0.25, 0.3) is 0 Å². The molecular formula is C15H24N4S. The maximum atomic E-state index is 4.28. The Morgan fingerprint density at radius 1 is 1.45 bits per heavy atom. The summed E-state index contributed by atoms with van der Waals surface area (Å²) in [6.07, 6.45) is 4.04. The van der Waals surface area contributed by atoms with Crippen LogP contribution in [0, 0.1) is 6.92 Å². The number of aromatic nitrogens is 2. The lowest BCUT2D eigenvalue weighted by Crippen LogP contribution is -2.32. The lowest BCUT2D eigenvalue weighted by atomic mass is 10.1. The average Bonchev–Trinajstić information content (AvgIpc) is 2.98. The predicted molar refractivity (Wildman–Crippen MR) is 85.1 cm³/mol. The van der Waals surface area contributed by atoms with Crippen molar-refractivity contribution in [2.24, 2.45) is 7.05 Å². The first-order chi connectivity index (χ1) is 9.49. The van der Waals surface area contributed by atoms with Crippen LogP contribution in [-0.2, 0) is 7.05 Å². The smallest absolute Gasteiger partial charge is 0.0538 e. The molecule has 2 aromatic heterocycles. The quantitative estimate of drug-likeness (QED) is 0.889. The maximum absolute atomic E-state index is 4.28. The molecule has 0 aliphatic carbocycles. The molecule has 0 aliphatic heterocycles. The Balaban J connectivity index is 2.01. The predicted octanol–water partition coefficient (Wildman–Crippen LogP) is 2.74. The molecule has 4 nitrogen and oxygen atoms in total. The standard InChI is InChI=1S/C15H24N4S/c1-11-6-7-20-15(11)12(2)16-9-14(18(3)4)13-8-17-19(5)10-13/h6-8,10,12,14,16H,9H2,1-5H3/t12-,14+/m0/s1. The van der Waals surface area contributed by atoms with Crippen molar-refractivity contribution in [1.29, 1.82) is 0 Å². The van der Waals surface area contributed by atoms with Crippen molar-refractivity contribution in [3.63, 3.8) is 0 Å². The van der Waals surface area contributed by atoms with E-state index in [1.165, 1.54) is 16.0 Å². The number of nitrogens with one attached hydrogen (secondary N) is 1. The summed E-state index contributed by atoms with van der Waals surface area (Å²) < 4.78 is 1.86. The second-order valence-electron chi connectivity index (χ2n) is 5.52. The molecule has 2 heterocycles. The lowest BCUT2D eigenvalue weighted by molar-refractivity contribution is 0.282. The molecule has 0 spiro atoms. The molecule has 1 N–H and O–H groups in total. The first-order valence-corrected chi connectivity index (χ1v) is 7.79. The summed E-state index contributed by atoms with van der Waals surface area (Å²) in [5.41, 5.74) is 2.62. The first-order valence-electron chi connectivity index (χ1n) is 6.91. The number of likely N-dealkylation sites (N-methyl/N-ethyl adjacent to an activating group) is 1. The van der Waals surface area contributed by atoms with Gasteiger partial charge in [-0.05, 0) is 45.0 Å². The van der Waals surface area contributed by atoms with Crippen molar-refractivity contribution in [3.05, 3.63) is 39.8 Å². The summed E-state index contributed by atoms with van der Waals surface area (Å²) in [5.74, 6) is 0. The van der Waals surface area contributed by atoms with Gasteiger partial charge in [0.15, 0.2) is 0 Å². The van der Waals surface area contributed by atoms with E-state index in [9.17, 15) is 0 Å². The normalized spacial score (nSPS) is 14.7. The van der Waals surface area contributed by atoms with Crippen LogP contribution in [0.25, 0.3) is 0 Å². The molecule has 2 aromatic rings. The third-order valence-electron chi connectivity index (χ3n) is 3.65. The van der Waals surface area contributed by atoms with Crippen LogP contribution in [0.3, 0.4) is 0 Å². The highest BCUT2D eigenvalue weighted by Crippen LogP contribution is 2.24. The molecule has 0 unspecified atom stereocenters. The van der Waals surface area contributed by atoms with Crippen LogP contribution in [0.5, 0.6) is 0 Å². The molecule has 0 saturated heterocycles.